The smallest absolute Gasteiger partial charge is 0.438 e. The van der Waals surface area contributed by atoms with Crippen molar-refractivity contribution in [3.8, 4) is 5.88 Å². The molecule has 1 aliphatic rings. The number of piperidine rings is 1. The molecule has 274 valence electrons. The van der Waals surface area contributed by atoms with Crippen LogP contribution in [0, 0.1) is 5.92 Å². The van der Waals surface area contributed by atoms with Crippen molar-refractivity contribution in [1.29, 1.82) is 0 Å². The molecule has 0 bridgehead atoms. The number of anilines is 1. The molecule has 0 atom stereocenters. The van der Waals surface area contributed by atoms with E-state index < -0.39 is 11.1 Å². The Labute approximate surface area is 309 Å². The van der Waals surface area contributed by atoms with Gasteiger partial charge in [-0.3, -0.25) is 0 Å². The van der Waals surface area contributed by atoms with Gasteiger partial charge in [-0.15, -0.1) is 0 Å². The highest BCUT2D eigenvalue weighted by Crippen LogP contribution is 2.37. The van der Waals surface area contributed by atoms with Gasteiger partial charge in [0.05, 0.1) is 5.52 Å². The average Bonchev–Trinajstić information content (AvgIpc) is 3.03. The summed E-state index contributed by atoms with van der Waals surface area (Å²) in [7, 11) is 0. The fourth-order valence-corrected chi connectivity index (χ4v) is 5.83. The minimum Gasteiger partial charge on any atom is -0.471 e. The number of fused-ring (bicyclic) bond motifs is 1. The Balaban J connectivity index is 0.000000535. The van der Waals surface area contributed by atoms with Crippen LogP contribution in [0.2, 0.25) is 10.0 Å². The molecular weight excluding hydrogens is 704 g/mol. The van der Waals surface area contributed by atoms with Gasteiger partial charge in [0.1, 0.15) is 5.60 Å². The van der Waals surface area contributed by atoms with Gasteiger partial charge in [-0.25, -0.2) is 4.98 Å². The summed E-state index contributed by atoms with van der Waals surface area (Å²) >= 11 is 14.6. The first-order valence-electron chi connectivity index (χ1n) is 16.8. The first-order chi connectivity index (χ1) is 23.6. The lowest BCUT2D eigenvalue weighted by Gasteiger charge is -2.28. The zero-order valence-electron chi connectivity index (χ0n) is 29.0. The van der Waals surface area contributed by atoms with Crippen molar-refractivity contribution in [3.63, 3.8) is 0 Å². The number of alkyl halides is 3. The summed E-state index contributed by atoms with van der Waals surface area (Å²) in [5, 5.41) is 19.2. The van der Waals surface area contributed by atoms with Crippen LogP contribution in [0.1, 0.15) is 76.0 Å². The Hall–Kier alpha value is -2.73. The standard InChI is InChI=1S/C32H35Cl2N3O2.C5H13N.CHF3S/c1-32(2,15-18-38)39-30-20-29(36-26-13-16-35-17-14-26)27-19-23(7-12-28(27)37-30)31(21-3-8-24(33)9-4-21)22-5-10-25(34)11-6-22;1-5(2)3-4-6;2-1(3,4)5/h3-12,19-20,26,31,35,38H,13-18H2,1-2H3,(H,36,37);5H,3-4,6H2,1-2H3;5H. The molecule has 0 radical (unpaired) electrons. The van der Waals surface area contributed by atoms with E-state index >= 15 is 0 Å². The molecule has 0 spiro atoms. The molecule has 5 N–H and O–H groups in total. The van der Waals surface area contributed by atoms with E-state index in [9.17, 15) is 18.3 Å². The SMILES string of the molecule is CC(C)(CCO)Oc1cc(NC2CCNCC2)c2cc(C(c3ccc(Cl)cc3)c3ccc(Cl)cc3)ccc2n1.CC(C)CCN.FC(F)(F)S. The fraction of sp³-hybridized carbons (Fsp3) is 0.447. The van der Waals surface area contributed by atoms with Crippen LogP contribution < -0.4 is 21.1 Å². The average molecular weight is 754 g/mol. The molecule has 4 aromatic rings. The summed E-state index contributed by atoms with van der Waals surface area (Å²) in [5.74, 6) is 1.32. The topological polar surface area (TPSA) is 92.4 Å². The van der Waals surface area contributed by atoms with Crippen LogP contribution in [0.4, 0.5) is 18.9 Å². The Morgan fingerprint density at radius 1 is 0.940 bits per heavy atom. The maximum Gasteiger partial charge on any atom is 0.438 e. The summed E-state index contributed by atoms with van der Waals surface area (Å²) in [5.41, 5.74) is 5.70. The van der Waals surface area contributed by atoms with Crippen molar-refractivity contribution < 1.29 is 23.0 Å². The Morgan fingerprint density at radius 3 is 1.92 bits per heavy atom. The first-order valence-corrected chi connectivity index (χ1v) is 18.0. The number of aromatic nitrogens is 1. The molecule has 1 aromatic heterocycles. The second-order valence-electron chi connectivity index (χ2n) is 13.3. The molecule has 1 fully saturated rings. The zero-order valence-corrected chi connectivity index (χ0v) is 31.4. The van der Waals surface area contributed by atoms with Gasteiger partial charge in [0, 0.05) is 52.2 Å². The fourth-order valence-electron chi connectivity index (χ4n) is 5.58. The number of hydrogen-bond acceptors (Lipinski definition) is 7. The van der Waals surface area contributed by atoms with Crippen molar-refractivity contribution in [3.05, 3.63) is 99.5 Å². The van der Waals surface area contributed by atoms with Crippen LogP contribution in [0.15, 0.2) is 72.8 Å². The lowest BCUT2D eigenvalue weighted by Crippen LogP contribution is -2.35. The molecule has 0 saturated carbocycles. The van der Waals surface area contributed by atoms with E-state index in [1.165, 1.54) is 0 Å². The number of pyridine rings is 1. The normalized spacial score (nSPS) is 13.8. The second kappa shape index (κ2) is 19.8. The Kier molecular flexibility index (Phi) is 16.5. The Morgan fingerprint density at radius 2 is 1.46 bits per heavy atom. The van der Waals surface area contributed by atoms with E-state index in [-0.39, 0.29) is 12.5 Å². The minimum atomic E-state index is -4.31. The van der Waals surface area contributed by atoms with Crippen LogP contribution in [-0.2, 0) is 0 Å². The van der Waals surface area contributed by atoms with E-state index in [1.54, 1.807) is 0 Å². The number of benzene rings is 3. The third-order valence-corrected chi connectivity index (χ3v) is 8.59. The van der Waals surface area contributed by atoms with E-state index in [4.69, 9.17) is 38.7 Å². The van der Waals surface area contributed by atoms with Gasteiger partial charge in [0.2, 0.25) is 5.88 Å². The van der Waals surface area contributed by atoms with E-state index in [0.717, 1.165) is 78.1 Å². The second-order valence-corrected chi connectivity index (χ2v) is 14.6. The first kappa shape index (κ1) is 41.7. The van der Waals surface area contributed by atoms with Gasteiger partial charge in [-0.05, 0) is 112 Å². The van der Waals surface area contributed by atoms with Crippen molar-refractivity contribution >= 4 is 52.4 Å². The van der Waals surface area contributed by atoms with Crippen molar-refractivity contribution in [2.24, 2.45) is 11.7 Å². The molecule has 1 saturated heterocycles. The van der Waals surface area contributed by atoms with E-state index in [0.29, 0.717) is 28.4 Å². The van der Waals surface area contributed by atoms with E-state index in [2.05, 4.69) is 79.6 Å². The summed E-state index contributed by atoms with van der Waals surface area (Å²) < 4.78 is 36.9. The number of ether oxygens (including phenoxy) is 1. The molecule has 5 rings (SSSR count). The van der Waals surface area contributed by atoms with Gasteiger partial charge in [0.25, 0.3) is 0 Å². The molecule has 12 heteroatoms. The number of nitrogens with two attached hydrogens (primary N) is 1. The van der Waals surface area contributed by atoms with Crippen LogP contribution in [0.3, 0.4) is 0 Å². The van der Waals surface area contributed by atoms with Crippen LogP contribution in [0.5, 0.6) is 5.88 Å². The molecule has 50 heavy (non-hydrogen) atoms. The van der Waals surface area contributed by atoms with Crippen molar-refractivity contribution in [2.45, 2.75) is 76.4 Å². The van der Waals surface area contributed by atoms with Crippen LogP contribution in [-0.4, -0.2) is 53.5 Å². The molecule has 0 aliphatic carbocycles. The number of nitrogens with one attached hydrogen (secondary N) is 2. The highest BCUT2D eigenvalue weighted by Gasteiger charge is 2.23. The molecule has 0 amide bonds. The van der Waals surface area contributed by atoms with Crippen molar-refractivity contribution in [1.82, 2.24) is 10.3 Å². The predicted molar refractivity (Wildman–Crippen MR) is 205 cm³/mol. The number of nitrogens with zero attached hydrogens (tertiary/aromatic N) is 1. The minimum absolute atomic E-state index is 0.00456. The molecule has 6 nitrogen and oxygen atoms in total. The van der Waals surface area contributed by atoms with Gasteiger partial charge in [-0.2, -0.15) is 13.2 Å². The third kappa shape index (κ3) is 14.5. The number of hydrogen-bond donors (Lipinski definition) is 5. The highest BCUT2D eigenvalue weighted by atomic mass is 35.5. The number of thiol groups is 1. The largest absolute Gasteiger partial charge is 0.471 e. The molecule has 2 heterocycles. The molecule has 1 aliphatic heterocycles. The van der Waals surface area contributed by atoms with Gasteiger partial charge in [-0.1, -0.05) is 80.0 Å². The third-order valence-electron chi connectivity index (χ3n) is 8.09. The zero-order chi connectivity index (χ0) is 36.9. The van der Waals surface area contributed by atoms with E-state index in [1.807, 2.05) is 44.2 Å². The van der Waals surface area contributed by atoms with Gasteiger partial charge in [0.15, 0.2) is 0 Å². The summed E-state index contributed by atoms with van der Waals surface area (Å²) in [6.07, 6.45) is 3.77. The number of aliphatic hydroxyl groups excluding tert-OH is 1. The van der Waals surface area contributed by atoms with Crippen LogP contribution in [0.25, 0.3) is 10.9 Å². The molecule has 0 unspecified atom stereocenters. The quantitative estimate of drug-likeness (QED) is 0.0774. The summed E-state index contributed by atoms with van der Waals surface area (Å²) in [4.78, 5) is 4.87. The van der Waals surface area contributed by atoms with Gasteiger partial charge < -0.3 is 26.2 Å². The number of rotatable bonds is 11. The molecule has 3 aromatic carbocycles. The summed E-state index contributed by atoms with van der Waals surface area (Å²) in [6.45, 7) is 11.2. The molecular formula is C38H49Cl2F3N4O2S. The van der Waals surface area contributed by atoms with Crippen LogP contribution >= 0.6 is 35.8 Å². The highest BCUT2D eigenvalue weighted by molar-refractivity contribution is 7.81. The monoisotopic (exact) mass is 752 g/mol. The Bertz CT molecular complexity index is 1550. The lowest BCUT2D eigenvalue weighted by atomic mass is 9.84. The van der Waals surface area contributed by atoms with Gasteiger partial charge >= 0.3 is 5.51 Å². The summed E-state index contributed by atoms with van der Waals surface area (Å²) in [6, 6.07) is 24.9. The lowest BCUT2D eigenvalue weighted by molar-refractivity contribution is -0.0303. The number of aliphatic hydroxyl groups is 1. The number of halogens is 5. The maximum atomic E-state index is 10.2. The predicted octanol–water partition coefficient (Wildman–Crippen LogP) is 9.85. The maximum absolute atomic E-state index is 10.2. The van der Waals surface area contributed by atoms with Crippen molar-refractivity contribution in [2.75, 3.05) is 31.6 Å².